The summed E-state index contributed by atoms with van der Waals surface area (Å²) in [5.74, 6) is -1.25. The molecule has 2 aromatic carbocycles. The predicted octanol–water partition coefficient (Wildman–Crippen LogP) is 4.10. The van der Waals surface area contributed by atoms with Crippen LogP contribution < -0.4 is 5.32 Å². The first-order valence-electron chi connectivity index (χ1n) is 6.86. The Hall–Kier alpha value is -2.40. The number of esters is 1. The van der Waals surface area contributed by atoms with Crippen molar-refractivity contribution in [2.24, 2.45) is 0 Å². The number of halogens is 2. The van der Waals surface area contributed by atoms with Crippen LogP contribution in [0.25, 0.3) is 0 Å². The van der Waals surface area contributed by atoms with Crippen molar-refractivity contribution in [2.45, 2.75) is 20.5 Å². The van der Waals surface area contributed by atoms with Crippen LogP contribution in [0.15, 0.2) is 36.4 Å². The highest BCUT2D eigenvalue weighted by atomic mass is 35.5. The fourth-order valence-electron chi connectivity index (χ4n) is 1.96. The Morgan fingerprint density at radius 2 is 1.96 bits per heavy atom. The largest absolute Gasteiger partial charge is 0.461 e. The molecule has 0 saturated carbocycles. The Morgan fingerprint density at radius 1 is 1.22 bits per heavy atom. The van der Waals surface area contributed by atoms with Crippen LogP contribution in [0.3, 0.4) is 0 Å². The number of rotatable bonds is 4. The number of ether oxygens (including phenoxy) is 1. The molecule has 2 aromatic rings. The van der Waals surface area contributed by atoms with Crippen molar-refractivity contribution >= 4 is 29.2 Å². The maximum absolute atomic E-state index is 13.1. The molecular weight excluding hydrogens is 321 g/mol. The maximum Gasteiger partial charge on any atom is 0.302 e. The van der Waals surface area contributed by atoms with Gasteiger partial charge in [-0.1, -0.05) is 17.7 Å². The molecule has 0 bridgehead atoms. The number of carbonyl (C=O) groups excluding carboxylic acids is 2. The van der Waals surface area contributed by atoms with Crippen molar-refractivity contribution in [1.29, 1.82) is 0 Å². The van der Waals surface area contributed by atoms with Crippen LogP contribution in [0.4, 0.5) is 10.1 Å². The van der Waals surface area contributed by atoms with Crippen molar-refractivity contribution in [3.05, 3.63) is 63.9 Å². The van der Waals surface area contributed by atoms with Gasteiger partial charge in [0.15, 0.2) is 0 Å². The lowest BCUT2D eigenvalue weighted by molar-refractivity contribution is -0.142. The second kappa shape index (κ2) is 7.24. The van der Waals surface area contributed by atoms with E-state index in [-0.39, 0.29) is 23.5 Å². The van der Waals surface area contributed by atoms with Crippen molar-refractivity contribution in [3.8, 4) is 0 Å². The zero-order valence-electron chi connectivity index (χ0n) is 12.7. The maximum atomic E-state index is 13.1. The molecule has 0 fully saturated rings. The second-order valence-corrected chi connectivity index (χ2v) is 5.41. The molecule has 2 rings (SSSR count). The molecule has 6 heteroatoms. The van der Waals surface area contributed by atoms with Gasteiger partial charge in [-0.3, -0.25) is 9.59 Å². The van der Waals surface area contributed by atoms with Gasteiger partial charge in [-0.25, -0.2) is 4.39 Å². The predicted molar refractivity (Wildman–Crippen MR) is 86.0 cm³/mol. The van der Waals surface area contributed by atoms with E-state index in [1.54, 1.807) is 18.2 Å². The van der Waals surface area contributed by atoms with E-state index >= 15 is 0 Å². The molecule has 0 aliphatic heterocycles. The smallest absolute Gasteiger partial charge is 0.302 e. The summed E-state index contributed by atoms with van der Waals surface area (Å²) in [4.78, 5) is 23.0. The number of aryl methyl sites for hydroxylation is 1. The second-order valence-electron chi connectivity index (χ2n) is 5.00. The molecule has 120 valence electrons. The van der Waals surface area contributed by atoms with Crippen molar-refractivity contribution in [3.63, 3.8) is 0 Å². The Balaban J connectivity index is 2.11. The van der Waals surface area contributed by atoms with Gasteiger partial charge >= 0.3 is 5.97 Å². The van der Waals surface area contributed by atoms with Crippen molar-refractivity contribution in [2.75, 3.05) is 5.32 Å². The molecule has 0 heterocycles. The lowest BCUT2D eigenvalue weighted by atomic mass is 10.1. The third-order valence-electron chi connectivity index (χ3n) is 3.21. The van der Waals surface area contributed by atoms with Crippen LogP contribution in [0.5, 0.6) is 0 Å². The Labute approximate surface area is 138 Å². The highest BCUT2D eigenvalue weighted by Crippen LogP contribution is 2.20. The molecule has 23 heavy (non-hydrogen) atoms. The van der Waals surface area contributed by atoms with Gasteiger partial charge in [0.05, 0.1) is 5.02 Å². The van der Waals surface area contributed by atoms with E-state index in [2.05, 4.69) is 5.32 Å². The van der Waals surface area contributed by atoms with Crippen LogP contribution in [0.1, 0.15) is 28.4 Å². The fourth-order valence-corrected chi connectivity index (χ4v) is 2.14. The van der Waals surface area contributed by atoms with E-state index in [4.69, 9.17) is 16.3 Å². The summed E-state index contributed by atoms with van der Waals surface area (Å²) in [5, 5.41) is 2.59. The first-order valence-corrected chi connectivity index (χ1v) is 7.24. The van der Waals surface area contributed by atoms with E-state index in [0.717, 1.165) is 11.1 Å². The van der Waals surface area contributed by atoms with Crippen LogP contribution in [-0.2, 0) is 16.1 Å². The Kier molecular flexibility index (Phi) is 5.34. The zero-order valence-corrected chi connectivity index (χ0v) is 13.4. The standard InChI is InChI=1S/C17H15ClFNO3/c1-10-7-12(3-4-13(10)9-23-11(2)21)17(22)20-14-5-6-16(19)15(18)8-14/h3-8H,9H2,1-2H3,(H,20,22). The molecule has 0 saturated heterocycles. The molecule has 0 spiro atoms. The topological polar surface area (TPSA) is 55.4 Å². The van der Waals surface area contributed by atoms with Gasteiger partial charge in [0, 0.05) is 18.2 Å². The Morgan fingerprint density at radius 3 is 2.57 bits per heavy atom. The van der Waals surface area contributed by atoms with Gasteiger partial charge in [-0.2, -0.15) is 0 Å². The van der Waals surface area contributed by atoms with Gasteiger partial charge in [0.25, 0.3) is 5.91 Å². The highest BCUT2D eigenvalue weighted by Gasteiger charge is 2.10. The summed E-state index contributed by atoms with van der Waals surface area (Å²) in [6.07, 6.45) is 0. The lowest BCUT2D eigenvalue weighted by Crippen LogP contribution is -2.12. The number of hydrogen-bond acceptors (Lipinski definition) is 3. The third kappa shape index (κ3) is 4.53. The van der Waals surface area contributed by atoms with E-state index in [1.165, 1.54) is 25.1 Å². The summed E-state index contributed by atoms with van der Waals surface area (Å²) < 4.78 is 18.0. The molecule has 0 radical (unpaired) electrons. The molecule has 1 amide bonds. The van der Waals surface area contributed by atoms with Crippen molar-refractivity contribution in [1.82, 2.24) is 0 Å². The minimum Gasteiger partial charge on any atom is -0.461 e. The first-order chi connectivity index (χ1) is 10.9. The summed E-state index contributed by atoms with van der Waals surface area (Å²) in [6, 6.07) is 9.01. The molecule has 0 atom stereocenters. The molecule has 1 N–H and O–H groups in total. The quantitative estimate of drug-likeness (QED) is 0.856. The number of amides is 1. The number of benzene rings is 2. The average molecular weight is 336 g/mol. The zero-order chi connectivity index (χ0) is 17.0. The normalized spacial score (nSPS) is 10.3. The van der Waals surface area contributed by atoms with Crippen LogP contribution in [0, 0.1) is 12.7 Å². The number of anilines is 1. The SMILES string of the molecule is CC(=O)OCc1ccc(C(=O)Nc2ccc(F)c(Cl)c2)cc1C. The van der Waals surface area contributed by atoms with E-state index in [1.807, 2.05) is 6.92 Å². The highest BCUT2D eigenvalue weighted by molar-refractivity contribution is 6.31. The van der Waals surface area contributed by atoms with Crippen LogP contribution in [0.2, 0.25) is 5.02 Å². The summed E-state index contributed by atoms with van der Waals surface area (Å²) in [5.41, 5.74) is 2.50. The first kappa shape index (κ1) is 17.0. The summed E-state index contributed by atoms with van der Waals surface area (Å²) >= 11 is 5.68. The van der Waals surface area contributed by atoms with Gasteiger partial charge in [-0.05, 0) is 48.4 Å². The van der Waals surface area contributed by atoms with Gasteiger partial charge in [-0.15, -0.1) is 0 Å². The molecule has 0 aliphatic carbocycles. The number of nitrogens with one attached hydrogen (secondary N) is 1. The van der Waals surface area contributed by atoms with E-state index in [0.29, 0.717) is 11.3 Å². The van der Waals surface area contributed by atoms with E-state index < -0.39 is 5.82 Å². The molecule has 4 nitrogen and oxygen atoms in total. The van der Waals surface area contributed by atoms with Crippen LogP contribution in [-0.4, -0.2) is 11.9 Å². The average Bonchev–Trinajstić information content (AvgIpc) is 2.49. The Bertz CT molecular complexity index is 761. The van der Waals surface area contributed by atoms with Gasteiger partial charge in [0.1, 0.15) is 12.4 Å². The lowest BCUT2D eigenvalue weighted by Gasteiger charge is -2.10. The summed E-state index contributed by atoms with van der Waals surface area (Å²) in [6.45, 7) is 3.33. The van der Waals surface area contributed by atoms with Crippen molar-refractivity contribution < 1.29 is 18.7 Å². The van der Waals surface area contributed by atoms with Gasteiger partial charge < -0.3 is 10.1 Å². The monoisotopic (exact) mass is 335 g/mol. The number of hydrogen-bond donors (Lipinski definition) is 1. The van der Waals surface area contributed by atoms with Gasteiger partial charge in [0.2, 0.25) is 0 Å². The fraction of sp³-hybridized carbons (Fsp3) is 0.176. The molecular formula is C17H15ClFNO3. The van der Waals surface area contributed by atoms with E-state index in [9.17, 15) is 14.0 Å². The minimum atomic E-state index is -0.546. The molecule has 0 unspecified atom stereocenters. The molecule has 0 aromatic heterocycles. The third-order valence-corrected chi connectivity index (χ3v) is 3.50. The minimum absolute atomic E-state index is 0.0595. The molecule has 0 aliphatic rings. The van der Waals surface area contributed by atoms with Crippen LogP contribution >= 0.6 is 11.6 Å². The summed E-state index contributed by atoms with van der Waals surface area (Å²) in [7, 11) is 0. The number of carbonyl (C=O) groups is 2.